The molecule has 0 radical (unpaired) electrons. The van der Waals surface area contributed by atoms with E-state index in [0.29, 0.717) is 17.5 Å². The fraction of sp³-hybridized carbons (Fsp3) is 0. The Morgan fingerprint density at radius 1 is 0.306 bits per heavy atom. The van der Waals surface area contributed by atoms with Crippen LogP contribution in [-0.2, 0) is 0 Å². The van der Waals surface area contributed by atoms with Gasteiger partial charge >= 0.3 is 0 Å². The van der Waals surface area contributed by atoms with Crippen LogP contribution in [-0.4, -0.2) is 15.0 Å². The maximum atomic E-state index is 6.54. The van der Waals surface area contributed by atoms with Crippen LogP contribution in [0.2, 0.25) is 0 Å². The normalized spacial score (nSPS) is 11.3. The summed E-state index contributed by atoms with van der Waals surface area (Å²) in [6.45, 7) is 0. The van der Waals surface area contributed by atoms with E-state index in [-0.39, 0.29) is 0 Å². The van der Waals surface area contributed by atoms with Gasteiger partial charge in [-0.2, -0.15) is 0 Å². The van der Waals surface area contributed by atoms with Gasteiger partial charge in [0, 0.05) is 27.5 Å². The van der Waals surface area contributed by atoms with Crippen molar-refractivity contribution in [3.05, 3.63) is 176 Å². The standard InChI is InChI=1S/C45H29N3O/c1-4-13-30(14-5-1)31-23-25-34(26-24-31)44-46-43(33-17-8-3-9-18-33)47-45(48-44)35-27-28-39-41(29-35)49-40-22-12-21-38(42(39)40)37-20-11-10-19-36(37)32-15-6-2-7-16-32/h1-29H. The van der Waals surface area contributed by atoms with Crippen LogP contribution in [0.1, 0.15) is 0 Å². The average Bonchev–Trinajstić information content (AvgIpc) is 3.57. The number of furan rings is 1. The Morgan fingerprint density at radius 2 is 0.776 bits per heavy atom. The summed E-state index contributed by atoms with van der Waals surface area (Å²) < 4.78 is 6.54. The summed E-state index contributed by atoms with van der Waals surface area (Å²) in [7, 11) is 0. The van der Waals surface area contributed by atoms with Gasteiger partial charge in [-0.05, 0) is 51.6 Å². The molecule has 0 saturated carbocycles. The van der Waals surface area contributed by atoms with E-state index >= 15 is 0 Å². The molecule has 9 aromatic rings. The van der Waals surface area contributed by atoms with Crippen molar-refractivity contribution in [1.29, 1.82) is 0 Å². The second kappa shape index (κ2) is 12.2. The summed E-state index contributed by atoms with van der Waals surface area (Å²) in [5.74, 6) is 1.83. The van der Waals surface area contributed by atoms with Crippen molar-refractivity contribution in [3.8, 4) is 67.5 Å². The van der Waals surface area contributed by atoms with E-state index in [1.54, 1.807) is 0 Å². The predicted octanol–water partition coefficient (Wildman–Crippen LogP) is 11.8. The van der Waals surface area contributed by atoms with Crippen LogP contribution in [0.4, 0.5) is 0 Å². The molecule has 230 valence electrons. The van der Waals surface area contributed by atoms with Crippen molar-refractivity contribution >= 4 is 21.9 Å². The summed E-state index contributed by atoms with van der Waals surface area (Å²) in [4.78, 5) is 14.9. The predicted molar refractivity (Wildman–Crippen MR) is 200 cm³/mol. The van der Waals surface area contributed by atoms with Crippen LogP contribution in [0.5, 0.6) is 0 Å². The van der Waals surface area contributed by atoms with Crippen LogP contribution < -0.4 is 0 Å². The van der Waals surface area contributed by atoms with Gasteiger partial charge in [-0.1, -0.05) is 158 Å². The van der Waals surface area contributed by atoms with E-state index in [4.69, 9.17) is 19.4 Å². The van der Waals surface area contributed by atoms with Crippen molar-refractivity contribution in [2.24, 2.45) is 0 Å². The molecule has 0 aliphatic carbocycles. The molecule has 0 aliphatic rings. The van der Waals surface area contributed by atoms with E-state index in [2.05, 4.69) is 127 Å². The molecular formula is C45H29N3O. The molecule has 0 spiro atoms. The number of rotatable bonds is 6. The van der Waals surface area contributed by atoms with Crippen LogP contribution in [0.25, 0.3) is 89.5 Å². The highest BCUT2D eigenvalue weighted by Gasteiger charge is 2.18. The smallest absolute Gasteiger partial charge is 0.164 e. The minimum absolute atomic E-state index is 0.591. The quantitative estimate of drug-likeness (QED) is 0.184. The summed E-state index contributed by atoms with van der Waals surface area (Å²) in [5.41, 5.74) is 11.3. The van der Waals surface area contributed by atoms with Crippen molar-refractivity contribution in [3.63, 3.8) is 0 Å². The lowest BCUT2D eigenvalue weighted by atomic mass is 9.92. The molecule has 4 heteroatoms. The summed E-state index contributed by atoms with van der Waals surface area (Å²) in [5, 5.41) is 2.14. The zero-order valence-corrected chi connectivity index (χ0v) is 26.5. The Morgan fingerprint density at radius 3 is 1.45 bits per heavy atom. The highest BCUT2D eigenvalue weighted by atomic mass is 16.3. The van der Waals surface area contributed by atoms with Crippen LogP contribution >= 0.6 is 0 Å². The monoisotopic (exact) mass is 627 g/mol. The van der Waals surface area contributed by atoms with Gasteiger partial charge in [0.2, 0.25) is 0 Å². The number of benzene rings is 7. The molecule has 0 unspecified atom stereocenters. The molecule has 0 atom stereocenters. The maximum absolute atomic E-state index is 6.54. The molecule has 0 amide bonds. The van der Waals surface area contributed by atoms with Gasteiger partial charge < -0.3 is 4.42 Å². The first-order valence-electron chi connectivity index (χ1n) is 16.4. The minimum Gasteiger partial charge on any atom is -0.456 e. The molecular weight excluding hydrogens is 599 g/mol. The van der Waals surface area contributed by atoms with Crippen molar-refractivity contribution < 1.29 is 4.42 Å². The summed E-state index contributed by atoms with van der Waals surface area (Å²) >= 11 is 0. The molecule has 7 aromatic carbocycles. The van der Waals surface area contributed by atoms with Gasteiger partial charge in [-0.15, -0.1) is 0 Å². The fourth-order valence-electron chi connectivity index (χ4n) is 6.57. The second-order valence-electron chi connectivity index (χ2n) is 12.0. The Hall–Kier alpha value is -6.65. The Labute approximate surface area is 284 Å². The molecule has 0 bridgehead atoms. The second-order valence-corrected chi connectivity index (χ2v) is 12.0. The van der Waals surface area contributed by atoms with Gasteiger partial charge in [-0.3, -0.25) is 0 Å². The molecule has 49 heavy (non-hydrogen) atoms. The van der Waals surface area contributed by atoms with Gasteiger partial charge in [0.25, 0.3) is 0 Å². The molecule has 4 nitrogen and oxygen atoms in total. The number of aromatic nitrogens is 3. The first-order valence-corrected chi connectivity index (χ1v) is 16.4. The van der Waals surface area contributed by atoms with Crippen LogP contribution in [0.15, 0.2) is 180 Å². The van der Waals surface area contributed by atoms with Gasteiger partial charge in [0.15, 0.2) is 17.5 Å². The third kappa shape index (κ3) is 5.35. The summed E-state index contributed by atoms with van der Waals surface area (Å²) in [6.07, 6.45) is 0. The van der Waals surface area contributed by atoms with Crippen molar-refractivity contribution in [2.75, 3.05) is 0 Å². The lowest BCUT2D eigenvalue weighted by Crippen LogP contribution is -2.00. The largest absolute Gasteiger partial charge is 0.456 e. The molecule has 2 aromatic heterocycles. The third-order valence-corrected chi connectivity index (χ3v) is 8.97. The molecule has 0 saturated heterocycles. The number of nitrogens with zero attached hydrogens (tertiary/aromatic N) is 3. The highest BCUT2D eigenvalue weighted by molar-refractivity contribution is 6.14. The van der Waals surface area contributed by atoms with Crippen molar-refractivity contribution in [2.45, 2.75) is 0 Å². The molecule has 0 aliphatic heterocycles. The Kier molecular flexibility index (Phi) is 7.10. The first-order chi connectivity index (χ1) is 24.3. The first kappa shape index (κ1) is 28.6. The molecule has 9 rings (SSSR count). The van der Waals surface area contributed by atoms with E-state index in [0.717, 1.165) is 49.8 Å². The Balaban J connectivity index is 1.17. The number of fused-ring (bicyclic) bond motifs is 3. The van der Waals surface area contributed by atoms with E-state index < -0.39 is 0 Å². The third-order valence-electron chi connectivity index (χ3n) is 8.97. The van der Waals surface area contributed by atoms with Gasteiger partial charge in [0.05, 0.1) is 0 Å². The summed E-state index contributed by atoms with van der Waals surface area (Å²) in [6, 6.07) is 60.4. The Bertz CT molecular complexity index is 2580. The average molecular weight is 628 g/mol. The van der Waals surface area contributed by atoms with Gasteiger partial charge in [-0.25, -0.2) is 15.0 Å². The van der Waals surface area contributed by atoms with Crippen molar-refractivity contribution in [1.82, 2.24) is 15.0 Å². The number of hydrogen-bond donors (Lipinski definition) is 0. The van der Waals surface area contributed by atoms with E-state index in [9.17, 15) is 0 Å². The maximum Gasteiger partial charge on any atom is 0.164 e. The SMILES string of the molecule is c1ccc(-c2ccc(-c3nc(-c4ccccc4)nc(-c4ccc5c(c4)oc4cccc(-c6ccccc6-c6ccccc6)c45)n3)cc2)cc1. The lowest BCUT2D eigenvalue weighted by Gasteiger charge is -2.11. The van der Waals surface area contributed by atoms with E-state index in [1.165, 1.54) is 22.3 Å². The molecule has 2 heterocycles. The zero-order chi connectivity index (χ0) is 32.6. The zero-order valence-electron chi connectivity index (χ0n) is 26.5. The van der Waals surface area contributed by atoms with Crippen LogP contribution in [0.3, 0.4) is 0 Å². The van der Waals surface area contributed by atoms with Gasteiger partial charge in [0.1, 0.15) is 11.2 Å². The minimum atomic E-state index is 0.591. The number of hydrogen-bond acceptors (Lipinski definition) is 4. The van der Waals surface area contributed by atoms with Crippen LogP contribution in [0, 0.1) is 0 Å². The molecule has 0 fully saturated rings. The molecule has 0 N–H and O–H groups in total. The lowest BCUT2D eigenvalue weighted by molar-refractivity contribution is 0.669. The topological polar surface area (TPSA) is 51.8 Å². The van der Waals surface area contributed by atoms with E-state index in [1.807, 2.05) is 48.5 Å². The highest BCUT2D eigenvalue weighted by Crippen LogP contribution is 2.41. The fourth-order valence-corrected chi connectivity index (χ4v) is 6.57.